The first kappa shape index (κ1) is 19.0. The quantitative estimate of drug-likeness (QED) is 0.539. The van der Waals surface area contributed by atoms with Crippen molar-refractivity contribution in [1.82, 2.24) is 10.6 Å². The van der Waals surface area contributed by atoms with Gasteiger partial charge in [-0.1, -0.05) is 36.0 Å². The van der Waals surface area contributed by atoms with Crippen LogP contribution in [0.2, 0.25) is 10.0 Å². The molecule has 0 radical (unpaired) electrons. The topological polar surface area (TPSA) is 54.3 Å². The summed E-state index contributed by atoms with van der Waals surface area (Å²) in [7, 11) is 0. The SMILES string of the molecule is O=C(/C=C/c1ccc(-c2ccc(Cl)cc2Cl)o1)NC(=S)NC1CCCC1. The van der Waals surface area contributed by atoms with E-state index < -0.39 is 0 Å². The van der Waals surface area contributed by atoms with Crippen LogP contribution >= 0.6 is 35.4 Å². The van der Waals surface area contributed by atoms with Crippen LogP contribution in [0.1, 0.15) is 31.4 Å². The molecule has 1 amide bonds. The van der Waals surface area contributed by atoms with Crippen LogP contribution in [-0.2, 0) is 4.79 Å². The van der Waals surface area contributed by atoms with Gasteiger partial charge in [-0.05, 0) is 61.5 Å². The first-order valence-electron chi connectivity index (χ1n) is 8.36. The summed E-state index contributed by atoms with van der Waals surface area (Å²) in [5, 5.41) is 7.23. The molecule has 1 saturated carbocycles. The fraction of sp³-hybridized carbons (Fsp3) is 0.263. The van der Waals surface area contributed by atoms with Gasteiger partial charge in [-0.2, -0.15) is 0 Å². The van der Waals surface area contributed by atoms with E-state index in [-0.39, 0.29) is 5.91 Å². The van der Waals surface area contributed by atoms with Crippen molar-refractivity contribution in [3.8, 4) is 11.3 Å². The number of thiocarbonyl (C=S) groups is 1. The number of hydrogen-bond donors (Lipinski definition) is 2. The van der Waals surface area contributed by atoms with Crippen LogP contribution < -0.4 is 10.6 Å². The molecule has 3 rings (SSSR count). The number of nitrogens with one attached hydrogen (secondary N) is 2. The molecular formula is C19H18Cl2N2O2S. The standard InChI is InChI=1S/C19H18Cl2N2O2S/c20-12-5-8-15(16(21)11-12)17-9-6-14(25-17)7-10-18(24)23-19(26)22-13-3-1-2-4-13/h5-11,13H,1-4H2,(H2,22,23,24,26)/b10-7+. The van der Waals surface area contributed by atoms with Crippen molar-refractivity contribution in [3.63, 3.8) is 0 Å². The highest BCUT2D eigenvalue weighted by atomic mass is 35.5. The highest BCUT2D eigenvalue weighted by Crippen LogP contribution is 2.31. The average Bonchev–Trinajstić information content (AvgIpc) is 3.24. The molecule has 0 spiro atoms. The van der Waals surface area contributed by atoms with Crippen molar-refractivity contribution < 1.29 is 9.21 Å². The number of benzene rings is 1. The van der Waals surface area contributed by atoms with Crippen molar-refractivity contribution in [2.75, 3.05) is 0 Å². The molecule has 7 heteroatoms. The molecular weight excluding hydrogens is 391 g/mol. The summed E-state index contributed by atoms with van der Waals surface area (Å²) < 4.78 is 5.71. The number of rotatable bonds is 4. The van der Waals surface area contributed by atoms with Gasteiger partial charge in [-0.25, -0.2) is 0 Å². The number of halogens is 2. The Morgan fingerprint density at radius 2 is 1.96 bits per heavy atom. The average molecular weight is 409 g/mol. The predicted octanol–water partition coefficient (Wildman–Crippen LogP) is 5.20. The molecule has 0 saturated heterocycles. The van der Waals surface area contributed by atoms with Gasteiger partial charge in [0.2, 0.25) is 5.91 Å². The van der Waals surface area contributed by atoms with Gasteiger partial charge in [0.15, 0.2) is 5.11 Å². The van der Waals surface area contributed by atoms with Crippen molar-refractivity contribution in [3.05, 3.63) is 52.2 Å². The van der Waals surface area contributed by atoms with Crippen LogP contribution in [0, 0.1) is 0 Å². The maximum Gasteiger partial charge on any atom is 0.250 e. The molecule has 1 fully saturated rings. The van der Waals surface area contributed by atoms with Gasteiger partial charge in [-0.15, -0.1) is 0 Å². The molecule has 1 aliphatic rings. The summed E-state index contributed by atoms with van der Waals surface area (Å²) in [6.45, 7) is 0. The van der Waals surface area contributed by atoms with Gasteiger partial charge < -0.3 is 9.73 Å². The largest absolute Gasteiger partial charge is 0.457 e. The van der Waals surface area contributed by atoms with Gasteiger partial charge in [0.25, 0.3) is 0 Å². The molecule has 4 nitrogen and oxygen atoms in total. The first-order valence-corrected chi connectivity index (χ1v) is 9.52. The maximum absolute atomic E-state index is 12.0. The number of hydrogen-bond acceptors (Lipinski definition) is 3. The summed E-state index contributed by atoms with van der Waals surface area (Å²) in [5.41, 5.74) is 0.738. The van der Waals surface area contributed by atoms with Crippen LogP contribution in [0.15, 0.2) is 40.8 Å². The summed E-state index contributed by atoms with van der Waals surface area (Å²) in [4.78, 5) is 12.0. The van der Waals surface area contributed by atoms with E-state index in [9.17, 15) is 4.79 Å². The number of carbonyl (C=O) groups excluding carboxylic acids is 1. The molecule has 1 aromatic carbocycles. The Morgan fingerprint density at radius 3 is 2.69 bits per heavy atom. The summed E-state index contributed by atoms with van der Waals surface area (Å²) >= 11 is 17.2. The van der Waals surface area contributed by atoms with E-state index in [1.54, 1.807) is 36.4 Å². The Morgan fingerprint density at radius 1 is 1.19 bits per heavy atom. The predicted molar refractivity (Wildman–Crippen MR) is 109 cm³/mol. The van der Waals surface area contributed by atoms with Crippen LogP contribution in [0.3, 0.4) is 0 Å². The highest BCUT2D eigenvalue weighted by Gasteiger charge is 2.16. The second kappa shape index (κ2) is 8.71. The van der Waals surface area contributed by atoms with E-state index in [0.717, 1.165) is 18.4 Å². The van der Waals surface area contributed by atoms with Gasteiger partial charge in [0, 0.05) is 22.7 Å². The molecule has 0 atom stereocenters. The molecule has 136 valence electrons. The smallest absolute Gasteiger partial charge is 0.250 e. The lowest BCUT2D eigenvalue weighted by atomic mass is 10.2. The Kier molecular flexibility index (Phi) is 6.35. The van der Waals surface area contributed by atoms with Crippen LogP contribution in [0.4, 0.5) is 0 Å². The molecule has 1 aromatic heterocycles. The lowest BCUT2D eigenvalue weighted by Gasteiger charge is -2.13. The van der Waals surface area contributed by atoms with Crippen LogP contribution in [0.25, 0.3) is 17.4 Å². The fourth-order valence-electron chi connectivity index (χ4n) is 2.88. The van der Waals surface area contributed by atoms with Gasteiger partial charge in [0.1, 0.15) is 11.5 Å². The van der Waals surface area contributed by atoms with E-state index in [4.69, 9.17) is 39.8 Å². The molecule has 26 heavy (non-hydrogen) atoms. The minimum Gasteiger partial charge on any atom is -0.457 e. The van der Waals surface area contributed by atoms with Gasteiger partial charge in [0.05, 0.1) is 5.02 Å². The Labute approximate surface area is 167 Å². The minimum absolute atomic E-state index is 0.303. The van der Waals surface area contributed by atoms with Crippen molar-refractivity contribution in [2.45, 2.75) is 31.7 Å². The Bertz CT molecular complexity index is 842. The highest BCUT2D eigenvalue weighted by molar-refractivity contribution is 7.80. The molecule has 0 aliphatic heterocycles. The number of amides is 1. The van der Waals surface area contributed by atoms with E-state index in [1.807, 2.05) is 0 Å². The third-order valence-electron chi connectivity index (χ3n) is 4.15. The molecule has 1 heterocycles. The van der Waals surface area contributed by atoms with Gasteiger partial charge >= 0.3 is 0 Å². The molecule has 2 N–H and O–H groups in total. The second-order valence-corrected chi connectivity index (χ2v) is 7.36. The number of furan rings is 1. The fourth-order valence-corrected chi connectivity index (χ4v) is 3.65. The molecule has 2 aromatic rings. The Hall–Kier alpha value is -1.82. The summed E-state index contributed by atoms with van der Waals surface area (Å²) in [6, 6.07) is 9.10. The molecule has 0 bridgehead atoms. The van der Waals surface area contributed by atoms with E-state index in [1.165, 1.54) is 18.9 Å². The van der Waals surface area contributed by atoms with Crippen molar-refractivity contribution in [1.29, 1.82) is 0 Å². The first-order chi connectivity index (χ1) is 12.5. The van der Waals surface area contributed by atoms with Crippen molar-refractivity contribution in [2.24, 2.45) is 0 Å². The second-order valence-electron chi connectivity index (χ2n) is 6.10. The number of carbonyl (C=O) groups is 1. The Balaban J connectivity index is 1.57. The van der Waals surface area contributed by atoms with Gasteiger partial charge in [-0.3, -0.25) is 10.1 Å². The van der Waals surface area contributed by atoms with E-state index >= 15 is 0 Å². The van der Waals surface area contributed by atoms with Crippen LogP contribution in [0.5, 0.6) is 0 Å². The van der Waals surface area contributed by atoms with E-state index in [2.05, 4.69) is 10.6 Å². The summed E-state index contributed by atoms with van der Waals surface area (Å²) in [5.74, 6) is 0.837. The normalized spacial score (nSPS) is 14.7. The lowest BCUT2D eigenvalue weighted by Crippen LogP contribution is -2.42. The third-order valence-corrected chi connectivity index (χ3v) is 4.92. The monoisotopic (exact) mass is 408 g/mol. The minimum atomic E-state index is -0.303. The zero-order valence-corrected chi connectivity index (χ0v) is 16.3. The zero-order valence-electron chi connectivity index (χ0n) is 13.9. The lowest BCUT2D eigenvalue weighted by molar-refractivity contribution is -0.115. The third kappa shape index (κ3) is 5.10. The van der Waals surface area contributed by atoms with Crippen molar-refractivity contribution >= 4 is 52.5 Å². The zero-order chi connectivity index (χ0) is 18.5. The van der Waals surface area contributed by atoms with E-state index in [0.29, 0.717) is 32.7 Å². The van der Waals surface area contributed by atoms with Crippen LogP contribution in [-0.4, -0.2) is 17.1 Å². The molecule has 1 aliphatic carbocycles. The maximum atomic E-state index is 12.0. The summed E-state index contributed by atoms with van der Waals surface area (Å²) in [6.07, 6.45) is 7.55. The molecule has 0 unspecified atom stereocenters.